The number of carbonyl (C=O) groups excluding carboxylic acids is 2. The molecule has 0 aliphatic heterocycles. The Labute approximate surface area is 127 Å². The first-order valence-electron chi connectivity index (χ1n) is 6.21. The van der Waals surface area contributed by atoms with Crippen molar-refractivity contribution in [1.82, 2.24) is 10.6 Å². The third-order valence-corrected chi connectivity index (χ3v) is 3.35. The molecule has 0 bridgehead atoms. The number of benzene rings is 1. The highest BCUT2D eigenvalue weighted by Crippen LogP contribution is 2.07. The maximum absolute atomic E-state index is 11.8. The molecule has 0 fully saturated rings. The molecule has 3 N–H and O–H groups in total. The predicted octanol–water partition coefficient (Wildman–Crippen LogP) is -0.838. The average Bonchev–Trinajstić information content (AvgIpc) is 2.41. The molecule has 0 saturated heterocycles. The van der Waals surface area contributed by atoms with Gasteiger partial charge < -0.3 is 15.7 Å². The molecule has 0 aromatic heterocycles. The van der Waals surface area contributed by atoms with Gasteiger partial charge in [-0.2, -0.15) is 0 Å². The molecule has 120 valence electrons. The number of carboxylic acids is 1. The lowest BCUT2D eigenvalue weighted by Gasteiger charge is -2.06. The van der Waals surface area contributed by atoms with Crippen molar-refractivity contribution in [2.45, 2.75) is 5.75 Å². The lowest BCUT2D eigenvalue weighted by atomic mass is 10.1. The van der Waals surface area contributed by atoms with E-state index in [0.29, 0.717) is 5.56 Å². The zero-order chi connectivity index (χ0) is 16.8. The van der Waals surface area contributed by atoms with Gasteiger partial charge in [0.1, 0.15) is 6.54 Å². The summed E-state index contributed by atoms with van der Waals surface area (Å²) in [4.78, 5) is 33.2. The molecular weight excluding hydrogens is 312 g/mol. The Morgan fingerprint density at radius 3 is 2.14 bits per heavy atom. The predicted molar refractivity (Wildman–Crippen MR) is 78.0 cm³/mol. The molecule has 0 unspecified atom stereocenters. The quantitative estimate of drug-likeness (QED) is 0.598. The Bertz CT molecular complexity index is 666. The van der Waals surface area contributed by atoms with E-state index < -0.39 is 34.2 Å². The summed E-state index contributed by atoms with van der Waals surface area (Å²) in [6, 6.07) is 5.93. The van der Waals surface area contributed by atoms with Crippen molar-refractivity contribution in [2.75, 3.05) is 19.3 Å². The van der Waals surface area contributed by atoms with Gasteiger partial charge in [-0.15, -0.1) is 0 Å². The Kier molecular flexibility index (Phi) is 6.05. The van der Waals surface area contributed by atoms with E-state index in [1.54, 1.807) is 0 Å². The van der Waals surface area contributed by atoms with Gasteiger partial charge in [-0.05, 0) is 17.7 Å². The molecule has 0 aliphatic rings. The van der Waals surface area contributed by atoms with E-state index in [2.05, 4.69) is 10.6 Å². The summed E-state index contributed by atoms with van der Waals surface area (Å²) in [7, 11) is -3.15. The molecule has 0 aliphatic carbocycles. The number of hydrogen-bond donors (Lipinski definition) is 3. The number of carboxylic acid groups (broad SMARTS) is 1. The van der Waals surface area contributed by atoms with Gasteiger partial charge in [0.25, 0.3) is 5.91 Å². The average molecular weight is 328 g/mol. The van der Waals surface area contributed by atoms with Crippen LogP contribution in [-0.2, 0) is 25.2 Å². The van der Waals surface area contributed by atoms with Gasteiger partial charge in [0.2, 0.25) is 5.91 Å². The Balaban J connectivity index is 2.52. The second-order valence-corrected chi connectivity index (χ2v) is 6.76. The molecule has 2 amide bonds. The van der Waals surface area contributed by atoms with Crippen LogP contribution in [-0.4, -0.2) is 50.7 Å². The van der Waals surface area contributed by atoms with Crippen LogP contribution in [0, 0.1) is 0 Å². The van der Waals surface area contributed by atoms with Crippen LogP contribution in [0.3, 0.4) is 0 Å². The van der Waals surface area contributed by atoms with Gasteiger partial charge in [0.15, 0.2) is 9.84 Å². The van der Waals surface area contributed by atoms with E-state index in [-0.39, 0.29) is 17.9 Å². The molecule has 22 heavy (non-hydrogen) atoms. The van der Waals surface area contributed by atoms with Crippen LogP contribution >= 0.6 is 0 Å². The van der Waals surface area contributed by atoms with Crippen LogP contribution in [0.15, 0.2) is 24.3 Å². The Morgan fingerprint density at radius 2 is 1.64 bits per heavy atom. The van der Waals surface area contributed by atoms with Crippen molar-refractivity contribution in [1.29, 1.82) is 0 Å². The van der Waals surface area contributed by atoms with E-state index in [1.165, 1.54) is 24.3 Å². The minimum atomic E-state index is -3.15. The van der Waals surface area contributed by atoms with Crippen LogP contribution < -0.4 is 10.6 Å². The Morgan fingerprint density at radius 1 is 1.05 bits per heavy atom. The van der Waals surface area contributed by atoms with Crippen molar-refractivity contribution in [3.05, 3.63) is 35.4 Å². The number of rotatable bonds is 7. The SMILES string of the molecule is CS(=O)(=O)Cc1ccc(C(=O)NCC(=O)NCC(=O)O)cc1. The molecule has 1 aromatic carbocycles. The topological polar surface area (TPSA) is 130 Å². The summed E-state index contributed by atoms with van der Waals surface area (Å²) < 4.78 is 22.3. The van der Waals surface area contributed by atoms with Gasteiger partial charge >= 0.3 is 5.97 Å². The second kappa shape index (κ2) is 7.55. The first-order chi connectivity index (χ1) is 10.2. The van der Waals surface area contributed by atoms with Crippen molar-refractivity contribution in [3.63, 3.8) is 0 Å². The van der Waals surface area contributed by atoms with Crippen LogP contribution in [0.2, 0.25) is 0 Å². The molecule has 8 nitrogen and oxygen atoms in total. The lowest BCUT2D eigenvalue weighted by Crippen LogP contribution is -2.39. The summed E-state index contributed by atoms with van der Waals surface area (Å²) in [5.74, 6) is -2.44. The minimum Gasteiger partial charge on any atom is -0.480 e. The number of amides is 2. The van der Waals surface area contributed by atoms with Gasteiger partial charge in [-0.25, -0.2) is 8.42 Å². The van der Waals surface area contributed by atoms with Gasteiger partial charge in [0.05, 0.1) is 12.3 Å². The number of carbonyl (C=O) groups is 3. The maximum atomic E-state index is 11.8. The standard InChI is InChI=1S/C13H16N2O6S/c1-22(20,21)8-9-2-4-10(5-3-9)13(19)15-6-11(16)14-7-12(17)18/h2-5H,6-8H2,1H3,(H,14,16)(H,15,19)(H,17,18). The van der Waals surface area contributed by atoms with Crippen molar-refractivity contribution in [2.24, 2.45) is 0 Å². The third-order valence-electron chi connectivity index (χ3n) is 2.49. The van der Waals surface area contributed by atoms with E-state index in [1.807, 2.05) is 0 Å². The largest absolute Gasteiger partial charge is 0.480 e. The van der Waals surface area contributed by atoms with Crippen LogP contribution in [0.5, 0.6) is 0 Å². The maximum Gasteiger partial charge on any atom is 0.322 e. The summed E-state index contributed by atoms with van der Waals surface area (Å²) in [5.41, 5.74) is 0.821. The third kappa shape index (κ3) is 6.84. The summed E-state index contributed by atoms with van der Waals surface area (Å²) in [5, 5.41) is 12.8. The highest BCUT2D eigenvalue weighted by atomic mass is 32.2. The van der Waals surface area contributed by atoms with Gasteiger partial charge in [-0.1, -0.05) is 12.1 Å². The zero-order valence-electron chi connectivity index (χ0n) is 11.8. The smallest absolute Gasteiger partial charge is 0.322 e. The fourth-order valence-electron chi connectivity index (χ4n) is 1.55. The van der Waals surface area contributed by atoms with Crippen molar-refractivity contribution >= 4 is 27.6 Å². The molecular formula is C13H16N2O6S. The minimum absolute atomic E-state index is 0.119. The monoisotopic (exact) mass is 328 g/mol. The molecule has 0 saturated carbocycles. The van der Waals surface area contributed by atoms with E-state index in [4.69, 9.17) is 5.11 Å². The summed E-state index contributed by atoms with van der Waals surface area (Å²) in [6.07, 6.45) is 1.11. The zero-order valence-corrected chi connectivity index (χ0v) is 12.6. The molecule has 1 rings (SSSR count). The number of nitrogens with one attached hydrogen (secondary N) is 2. The van der Waals surface area contributed by atoms with Crippen molar-refractivity contribution < 1.29 is 27.9 Å². The first-order valence-corrected chi connectivity index (χ1v) is 8.27. The molecule has 0 atom stereocenters. The number of hydrogen-bond acceptors (Lipinski definition) is 5. The van der Waals surface area contributed by atoms with Crippen LogP contribution in [0.4, 0.5) is 0 Å². The van der Waals surface area contributed by atoms with Crippen molar-refractivity contribution in [3.8, 4) is 0 Å². The van der Waals surface area contributed by atoms with Crippen LogP contribution in [0.1, 0.15) is 15.9 Å². The summed E-state index contributed by atoms with van der Waals surface area (Å²) in [6.45, 7) is -0.869. The lowest BCUT2D eigenvalue weighted by molar-refractivity contribution is -0.137. The van der Waals surface area contributed by atoms with Gasteiger partial charge in [-0.3, -0.25) is 14.4 Å². The molecule has 0 spiro atoms. The van der Waals surface area contributed by atoms with E-state index in [0.717, 1.165) is 6.26 Å². The highest BCUT2D eigenvalue weighted by Gasteiger charge is 2.10. The molecule has 9 heteroatoms. The molecule has 0 heterocycles. The highest BCUT2D eigenvalue weighted by molar-refractivity contribution is 7.89. The number of sulfone groups is 1. The fourth-order valence-corrected chi connectivity index (χ4v) is 2.35. The van der Waals surface area contributed by atoms with Gasteiger partial charge in [0, 0.05) is 11.8 Å². The second-order valence-electron chi connectivity index (χ2n) is 4.62. The molecule has 0 radical (unpaired) electrons. The number of aliphatic carboxylic acids is 1. The van der Waals surface area contributed by atoms with Crippen LogP contribution in [0.25, 0.3) is 0 Å². The van der Waals surface area contributed by atoms with E-state index >= 15 is 0 Å². The summed E-state index contributed by atoms with van der Waals surface area (Å²) >= 11 is 0. The fraction of sp³-hybridized carbons (Fsp3) is 0.308. The molecule has 1 aromatic rings. The van der Waals surface area contributed by atoms with E-state index in [9.17, 15) is 22.8 Å². The Hall–Kier alpha value is -2.42. The normalized spacial score (nSPS) is 10.8. The first kappa shape index (κ1) is 17.6.